The molecule has 0 aromatic carbocycles. The van der Waals surface area contributed by atoms with Gasteiger partial charge in [-0.15, -0.1) is 0 Å². The van der Waals surface area contributed by atoms with E-state index in [1.54, 1.807) is 0 Å². The van der Waals surface area contributed by atoms with Gasteiger partial charge >= 0.3 is 43.8 Å². The summed E-state index contributed by atoms with van der Waals surface area (Å²) in [6.07, 6.45) is 0. The second kappa shape index (κ2) is 4.88. The molecule has 0 saturated heterocycles. The van der Waals surface area contributed by atoms with Crippen LogP contribution in [0.3, 0.4) is 0 Å². The zero-order chi connectivity index (χ0) is 3.58. The summed E-state index contributed by atoms with van der Waals surface area (Å²) in [5, 5.41) is 0. The van der Waals surface area contributed by atoms with Gasteiger partial charge in [0, 0.05) is 0 Å². The number of rotatable bonds is 0. The molecule has 0 aromatic rings. The Morgan fingerprint density at radius 3 is 1.00 bits per heavy atom. The molecule has 0 spiro atoms. The van der Waals surface area contributed by atoms with E-state index >= 15 is 0 Å². The Hall–Kier alpha value is 0.876. The van der Waals surface area contributed by atoms with Crippen molar-refractivity contribution in [1.82, 2.24) is 0 Å². The average Bonchev–Trinajstić information content (AvgIpc) is 0.811. The predicted octanol–water partition coefficient (Wildman–Crippen LogP) is -0.304. The van der Waals surface area contributed by atoms with Gasteiger partial charge < -0.3 is 0 Å². The summed E-state index contributed by atoms with van der Waals surface area (Å²) in [6, 6.07) is 0. The van der Waals surface area contributed by atoms with Crippen LogP contribution in [0.4, 0.5) is 10.5 Å². The van der Waals surface area contributed by atoms with E-state index in [-0.39, 0.29) is 17.6 Å². The molecule has 0 amide bonds. The van der Waals surface area contributed by atoms with Gasteiger partial charge in [0.25, 0.3) is 0 Å². The minimum absolute atomic E-state index is 0. The molecule has 0 aliphatic rings. The second-order valence-electron chi connectivity index (χ2n) is 0.214. The van der Waals surface area contributed by atoms with Gasteiger partial charge in [0.15, 0.2) is 0 Å². The molecule has 0 aliphatic heterocycles. The monoisotopic (exact) mass is 208 g/mol. The SMILES string of the molecule is [F][Ge]([F])[F].[GeH3]. The van der Waals surface area contributed by atoms with E-state index in [1.165, 1.54) is 0 Å². The molecule has 0 bridgehead atoms. The third-order valence-electron chi connectivity index (χ3n) is 0. The number of hydrogen-bond acceptors (Lipinski definition) is 0. The van der Waals surface area contributed by atoms with Crippen LogP contribution in [0.2, 0.25) is 0 Å². The second-order valence-corrected chi connectivity index (χ2v) is 1.11. The molecule has 0 fully saturated rings. The van der Waals surface area contributed by atoms with Crippen LogP contribution >= 0.6 is 0 Å². The zero-order valence-corrected chi connectivity index (χ0v) is 8.93. The Morgan fingerprint density at radius 2 is 1.00 bits per heavy atom. The molecule has 0 saturated carbocycles. The standard InChI is InChI=1S/F3Ge.GeH3/c1-4(2)3;/h;1H3. The Balaban J connectivity index is 0. The van der Waals surface area contributed by atoms with Gasteiger partial charge in [-0.3, -0.25) is 0 Å². The van der Waals surface area contributed by atoms with Crippen molar-refractivity contribution in [3.63, 3.8) is 0 Å². The Kier molecular flexibility index (Phi) is 9.07. The maximum atomic E-state index is 9.83. The Labute approximate surface area is 44.3 Å². The van der Waals surface area contributed by atoms with Gasteiger partial charge in [0.05, 0.1) is 0 Å². The van der Waals surface area contributed by atoms with Gasteiger partial charge in [-0.2, -0.15) is 0 Å². The predicted molar refractivity (Wildman–Crippen MR) is 19.0 cm³/mol. The summed E-state index contributed by atoms with van der Waals surface area (Å²) in [5.41, 5.74) is 0. The van der Waals surface area contributed by atoms with Crippen LogP contribution < -0.4 is 0 Å². The molecule has 0 heterocycles. The molecule has 0 rings (SSSR count). The fraction of sp³-hybridized carbons (Fsp3) is 0. The van der Waals surface area contributed by atoms with E-state index < -0.39 is 15.7 Å². The summed E-state index contributed by atoms with van der Waals surface area (Å²) >= 11 is -4.83. The molecule has 5 heavy (non-hydrogen) atoms. The number of hydrogen-bond donors (Lipinski definition) is 0. The zero-order valence-electron chi connectivity index (χ0n) is 2.63. The van der Waals surface area contributed by atoms with Gasteiger partial charge in [-0.05, 0) is 0 Å². The molecule has 32 valence electrons. The maximum absolute atomic E-state index is 9.83. The van der Waals surface area contributed by atoms with Crippen LogP contribution in [0.5, 0.6) is 0 Å². The van der Waals surface area contributed by atoms with E-state index in [1.807, 2.05) is 0 Å². The Bertz CT molecular complexity index is 9.61. The van der Waals surface area contributed by atoms with E-state index in [0.29, 0.717) is 0 Å². The first-order chi connectivity index (χ1) is 1.73. The fourth-order valence-electron chi connectivity index (χ4n) is 0. The average molecular weight is 205 g/mol. The first-order valence-electron chi connectivity index (χ1n) is 0.567. The van der Waals surface area contributed by atoms with Crippen molar-refractivity contribution in [1.29, 1.82) is 0 Å². The van der Waals surface area contributed by atoms with Gasteiger partial charge in [0.2, 0.25) is 0 Å². The molecule has 0 atom stereocenters. The van der Waals surface area contributed by atoms with Crippen LogP contribution in [0.1, 0.15) is 0 Å². The van der Waals surface area contributed by atoms with Crippen molar-refractivity contribution >= 4 is 33.3 Å². The molecular formula is H3F3Ge2. The van der Waals surface area contributed by atoms with Crippen LogP contribution in [-0.2, 0) is 0 Å². The van der Waals surface area contributed by atoms with Crippen LogP contribution in [0, 0.1) is 0 Å². The van der Waals surface area contributed by atoms with E-state index in [9.17, 15) is 10.5 Å². The van der Waals surface area contributed by atoms with E-state index in [0.717, 1.165) is 0 Å². The molecule has 2 radical (unpaired) electrons. The molecule has 0 aromatic heterocycles. The van der Waals surface area contributed by atoms with Crippen LogP contribution in [-0.4, -0.2) is 33.3 Å². The van der Waals surface area contributed by atoms with E-state index in [2.05, 4.69) is 0 Å². The van der Waals surface area contributed by atoms with Gasteiger partial charge in [-0.1, -0.05) is 0 Å². The third kappa shape index (κ3) is 52.6. The molecule has 0 unspecified atom stereocenters. The van der Waals surface area contributed by atoms with Crippen molar-refractivity contribution in [2.45, 2.75) is 0 Å². The summed E-state index contributed by atoms with van der Waals surface area (Å²) < 4.78 is 29.5. The van der Waals surface area contributed by atoms with Gasteiger partial charge in [0.1, 0.15) is 0 Å². The van der Waals surface area contributed by atoms with Crippen molar-refractivity contribution in [3.05, 3.63) is 0 Å². The summed E-state index contributed by atoms with van der Waals surface area (Å²) in [6.45, 7) is 0. The summed E-state index contributed by atoms with van der Waals surface area (Å²) in [4.78, 5) is 0. The summed E-state index contributed by atoms with van der Waals surface area (Å²) in [7, 11) is 0. The Morgan fingerprint density at radius 1 is 1.00 bits per heavy atom. The van der Waals surface area contributed by atoms with Crippen molar-refractivity contribution in [3.8, 4) is 0 Å². The molecule has 5 heteroatoms. The molecule has 0 nitrogen and oxygen atoms in total. The van der Waals surface area contributed by atoms with Crippen LogP contribution in [0.25, 0.3) is 0 Å². The van der Waals surface area contributed by atoms with Crippen molar-refractivity contribution in [2.24, 2.45) is 0 Å². The first kappa shape index (κ1) is 9.30. The van der Waals surface area contributed by atoms with Gasteiger partial charge in [-0.25, -0.2) is 0 Å². The van der Waals surface area contributed by atoms with Crippen molar-refractivity contribution < 1.29 is 10.5 Å². The van der Waals surface area contributed by atoms with Crippen molar-refractivity contribution in [2.75, 3.05) is 0 Å². The normalized spacial score (nSPS) is 7.20. The van der Waals surface area contributed by atoms with E-state index in [4.69, 9.17) is 0 Å². The molecule has 0 N–H and O–H groups in total. The molecule has 0 aliphatic carbocycles. The fourth-order valence-corrected chi connectivity index (χ4v) is 0. The molecular weight excluding hydrogens is 202 g/mol. The van der Waals surface area contributed by atoms with Crippen LogP contribution in [0.15, 0.2) is 0 Å². The third-order valence-corrected chi connectivity index (χ3v) is 0. The topological polar surface area (TPSA) is 0 Å². The quantitative estimate of drug-likeness (QED) is 0.476. The minimum atomic E-state index is -4.83. The number of halogens is 3. The summed E-state index contributed by atoms with van der Waals surface area (Å²) in [5.74, 6) is 0. The first-order valence-corrected chi connectivity index (χ1v) is 2.95.